The van der Waals surface area contributed by atoms with Crippen LogP contribution in [0.5, 0.6) is 5.88 Å². The Morgan fingerprint density at radius 3 is 2.75 bits per heavy atom. The molecule has 0 aliphatic carbocycles. The van der Waals surface area contributed by atoms with Crippen LogP contribution in [0.15, 0.2) is 0 Å². The first-order valence-corrected chi connectivity index (χ1v) is 3.97. The molecule has 0 atom stereocenters. The Balaban J connectivity index is 3.03. The van der Waals surface area contributed by atoms with Gasteiger partial charge in [0.1, 0.15) is 5.82 Å². The Hall–Kier alpha value is -1.03. The third-order valence-corrected chi connectivity index (χ3v) is 1.97. The number of imidazole rings is 1. The van der Waals surface area contributed by atoms with E-state index in [2.05, 4.69) is 4.98 Å². The lowest BCUT2D eigenvalue weighted by molar-refractivity contribution is 0.393. The van der Waals surface area contributed by atoms with Gasteiger partial charge in [-0.05, 0) is 13.5 Å². The lowest BCUT2D eigenvalue weighted by Gasteiger charge is -2.02. The van der Waals surface area contributed by atoms with Gasteiger partial charge in [-0.2, -0.15) is 4.98 Å². The monoisotopic (exact) mass is 169 g/mol. The highest BCUT2D eigenvalue weighted by molar-refractivity contribution is 5.23. The van der Waals surface area contributed by atoms with E-state index >= 15 is 0 Å². The topological polar surface area (TPSA) is 53.1 Å². The van der Waals surface area contributed by atoms with Crippen molar-refractivity contribution >= 4 is 0 Å². The fourth-order valence-electron chi connectivity index (χ4n) is 1.20. The summed E-state index contributed by atoms with van der Waals surface area (Å²) in [5.41, 5.74) is 6.53. The molecule has 0 saturated carbocycles. The molecule has 0 aliphatic rings. The Labute approximate surface area is 72.3 Å². The Bertz CT molecular complexity index is 268. The summed E-state index contributed by atoms with van der Waals surface area (Å²) >= 11 is 0. The normalized spacial score (nSPS) is 10.3. The lowest BCUT2D eigenvalue weighted by Crippen LogP contribution is -2.08. The molecule has 12 heavy (non-hydrogen) atoms. The zero-order chi connectivity index (χ0) is 9.14. The van der Waals surface area contributed by atoms with Gasteiger partial charge in [-0.25, -0.2) is 0 Å². The molecule has 0 aliphatic heterocycles. The highest BCUT2D eigenvalue weighted by atomic mass is 16.5. The van der Waals surface area contributed by atoms with Crippen molar-refractivity contribution in [3.05, 3.63) is 11.5 Å². The largest absolute Gasteiger partial charge is 0.480 e. The van der Waals surface area contributed by atoms with Crippen LogP contribution in [0.2, 0.25) is 0 Å². The van der Waals surface area contributed by atoms with Crippen molar-refractivity contribution < 1.29 is 4.74 Å². The van der Waals surface area contributed by atoms with Gasteiger partial charge in [-0.3, -0.25) is 0 Å². The second-order valence-electron chi connectivity index (χ2n) is 2.71. The first-order valence-electron chi connectivity index (χ1n) is 3.97. The van der Waals surface area contributed by atoms with E-state index in [1.165, 1.54) is 0 Å². The molecule has 1 aromatic heterocycles. The summed E-state index contributed by atoms with van der Waals surface area (Å²) in [7, 11) is 3.59. The standard InChI is InChI=1S/C8H15N3O/c1-6-10-8(12-3)7(4-5-9)11(6)2/h4-5,9H2,1-3H3. The second kappa shape index (κ2) is 3.58. The van der Waals surface area contributed by atoms with Crippen molar-refractivity contribution in [3.8, 4) is 5.88 Å². The molecule has 0 radical (unpaired) electrons. The quantitative estimate of drug-likeness (QED) is 0.705. The molecular weight excluding hydrogens is 154 g/mol. The molecule has 2 N–H and O–H groups in total. The van der Waals surface area contributed by atoms with Crippen LogP contribution >= 0.6 is 0 Å². The number of hydrogen-bond donors (Lipinski definition) is 1. The molecule has 0 saturated heterocycles. The van der Waals surface area contributed by atoms with Crippen molar-refractivity contribution in [2.45, 2.75) is 13.3 Å². The van der Waals surface area contributed by atoms with Crippen molar-refractivity contribution in [1.29, 1.82) is 0 Å². The first kappa shape index (κ1) is 9.06. The van der Waals surface area contributed by atoms with Gasteiger partial charge in [0.2, 0.25) is 5.88 Å². The zero-order valence-corrected chi connectivity index (χ0v) is 7.79. The summed E-state index contributed by atoms with van der Waals surface area (Å²) in [6, 6.07) is 0. The minimum absolute atomic E-state index is 0.620. The van der Waals surface area contributed by atoms with E-state index < -0.39 is 0 Å². The maximum Gasteiger partial charge on any atom is 0.235 e. The summed E-state index contributed by atoms with van der Waals surface area (Å²) in [5.74, 6) is 1.65. The van der Waals surface area contributed by atoms with Crippen molar-refractivity contribution in [2.24, 2.45) is 12.8 Å². The van der Waals surface area contributed by atoms with Gasteiger partial charge in [-0.15, -0.1) is 0 Å². The third-order valence-electron chi connectivity index (χ3n) is 1.97. The smallest absolute Gasteiger partial charge is 0.235 e. The molecule has 4 heteroatoms. The number of aromatic nitrogens is 2. The Morgan fingerprint density at radius 1 is 1.58 bits per heavy atom. The van der Waals surface area contributed by atoms with E-state index in [0.29, 0.717) is 12.4 Å². The molecule has 1 rings (SSSR count). The summed E-state index contributed by atoms with van der Waals surface area (Å²) in [5, 5.41) is 0. The lowest BCUT2D eigenvalue weighted by atomic mass is 10.3. The fourth-order valence-corrected chi connectivity index (χ4v) is 1.20. The van der Waals surface area contributed by atoms with Crippen LogP contribution in [-0.4, -0.2) is 23.2 Å². The predicted molar refractivity (Wildman–Crippen MR) is 47.3 cm³/mol. The molecule has 0 spiro atoms. The molecule has 0 aromatic carbocycles. The van der Waals surface area contributed by atoms with E-state index in [-0.39, 0.29) is 0 Å². The van der Waals surface area contributed by atoms with E-state index in [0.717, 1.165) is 17.9 Å². The van der Waals surface area contributed by atoms with Gasteiger partial charge >= 0.3 is 0 Å². The van der Waals surface area contributed by atoms with Crippen LogP contribution < -0.4 is 10.5 Å². The minimum Gasteiger partial charge on any atom is -0.480 e. The molecule has 1 heterocycles. The van der Waals surface area contributed by atoms with Gasteiger partial charge in [0, 0.05) is 13.5 Å². The maximum atomic E-state index is 5.47. The summed E-state index contributed by atoms with van der Waals surface area (Å²) in [6.45, 7) is 2.57. The number of nitrogens with zero attached hydrogens (tertiary/aromatic N) is 2. The summed E-state index contributed by atoms with van der Waals surface area (Å²) in [6.07, 6.45) is 0.806. The Kier molecular flexibility index (Phi) is 2.70. The van der Waals surface area contributed by atoms with Gasteiger partial charge in [0.15, 0.2) is 0 Å². The average Bonchev–Trinajstić information content (AvgIpc) is 2.33. The number of rotatable bonds is 3. The number of aryl methyl sites for hydroxylation is 1. The molecule has 0 bridgehead atoms. The van der Waals surface area contributed by atoms with E-state index in [4.69, 9.17) is 10.5 Å². The van der Waals surface area contributed by atoms with Gasteiger partial charge in [0.05, 0.1) is 12.8 Å². The molecular formula is C8H15N3O. The first-order chi connectivity index (χ1) is 5.70. The number of ether oxygens (including phenoxy) is 1. The molecule has 0 fully saturated rings. The molecule has 4 nitrogen and oxygen atoms in total. The van der Waals surface area contributed by atoms with Crippen molar-refractivity contribution in [2.75, 3.05) is 13.7 Å². The fraction of sp³-hybridized carbons (Fsp3) is 0.625. The molecule has 68 valence electrons. The van der Waals surface area contributed by atoms with E-state index in [9.17, 15) is 0 Å². The molecule has 0 amide bonds. The predicted octanol–water partition coefficient (Wildman–Crippen LogP) is 0.238. The minimum atomic E-state index is 0.620. The summed E-state index contributed by atoms with van der Waals surface area (Å²) < 4.78 is 7.12. The van der Waals surface area contributed by atoms with Crippen molar-refractivity contribution in [1.82, 2.24) is 9.55 Å². The maximum absolute atomic E-state index is 5.47. The van der Waals surface area contributed by atoms with Gasteiger partial charge in [-0.1, -0.05) is 0 Å². The average molecular weight is 169 g/mol. The second-order valence-corrected chi connectivity index (χ2v) is 2.71. The van der Waals surface area contributed by atoms with Crippen LogP contribution in [-0.2, 0) is 13.5 Å². The molecule has 1 aromatic rings. The van der Waals surface area contributed by atoms with Crippen LogP contribution in [0, 0.1) is 6.92 Å². The van der Waals surface area contributed by atoms with Gasteiger partial charge in [0.25, 0.3) is 0 Å². The number of methoxy groups -OCH3 is 1. The van der Waals surface area contributed by atoms with E-state index in [1.807, 2.05) is 18.5 Å². The number of hydrogen-bond acceptors (Lipinski definition) is 3. The molecule has 0 unspecified atom stereocenters. The highest BCUT2D eigenvalue weighted by Gasteiger charge is 2.10. The SMILES string of the molecule is COc1nc(C)n(C)c1CCN. The number of nitrogens with two attached hydrogens (primary N) is 1. The zero-order valence-electron chi connectivity index (χ0n) is 7.79. The van der Waals surface area contributed by atoms with Crippen LogP contribution in [0.4, 0.5) is 0 Å². The van der Waals surface area contributed by atoms with Gasteiger partial charge < -0.3 is 15.0 Å². The van der Waals surface area contributed by atoms with Crippen LogP contribution in [0.3, 0.4) is 0 Å². The van der Waals surface area contributed by atoms with Crippen LogP contribution in [0.25, 0.3) is 0 Å². The third kappa shape index (κ3) is 1.43. The Morgan fingerprint density at radius 2 is 2.25 bits per heavy atom. The highest BCUT2D eigenvalue weighted by Crippen LogP contribution is 2.17. The summed E-state index contributed by atoms with van der Waals surface area (Å²) in [4.78, 5) is 4.23. The van der Waals surface area contributed by atoms with Crippen LogP contribution in [0.1, 0.15) is 11.5 Å². The van der Waals surface area contributed by atoms with E-state index in [1.54, 1.807) is 7.11 Å². The van der Waals surface area contributed by atoms with Crippen molar-refractivity contribution in [3.63, 3.8) is 0 Å².